The summed E-state index contributed by atoms with van der Waals surface area (Å²) in [6.45, 7) is 2.16. The van der Waals surface area contributed by atoms with Crippen molar-refractivity contribution >= 4 is 66.9 Å². The third kappa shape index (κ3) is 11.0. The van der Waals surface area contributed by atoms with Crippen LogP contribution in [-0.4, -0.2) is 46.5 Å². The maximum absolute atomic E-state index is 13.3. The first-order chi connectivity index (χ1) is 30.5. The van der Waals surface area contributed by atoms with E-state index in [2.05, 4.69) is 42.5 Å². The Bertz CT molecular complexity index is 2250. The minimum atomic E-state index is -4.55. The number of amides is 4. The Hall–Kier alpha value is -5.22. The molecule has 16 heteroatoms. The Balaban J connectivity index is 0.000000191. The molecule has 2 fully saturated rings. The number of allylic oxidation sites excluding steroid dienone is 4. The smallest absolute Gasteiger partial charge is 0.338 e. The second-order valence-corrected chi connectivity index (χ2v) is 18.1. The quantitative estimate of drug-likeness (QED) is 0.136. The fourth-order valence-corrected chi connectivity index (χ4v) is 9.96. The molecule has 8 nitrogen and oxygen atoms in total. The SMILES string of the molecule is O=C(Nc1ccc(Br)c(C(F)(F)F)c1)[C@H]1CC=C[C@H]2CCN(Cc3ccccc3)C(=O)[C@@H]12.O=C(Nc1ccc(Br)c(C(F)(F)F)c1)[C@H]1CC=C[C@H]2CCN(Cc3ccccc3)C(=O)[C@@H]12. The Morgan fingerprint density at radius 1 is 0.578 bits per heavy atom. The molecule has 0 bridgehead atoms. The maximum Gasteiger partial charge on any atom is 0.417 e. The van der Waals surface area contributed by atoms with Gasteiger partial charge in [0.2, 0.25) is 23.6 Å². The van der Waals surface area contributed by atoms with Gasteiger partial charge in [-0.05, 0) is 85.0 Å². The molecule has 64 heavy (non-hydrogen) atoms. The highest BCUT2D eigenvalue weighted by Gasteiger charge is 2.46. The number of rotatable bonds is 8. The standard InChI is InChI=1S/2C24H22BrF3N2O2/c2*25-20-10-9-17(13-19(20)24(26,27)28)29-22(31)18-8-4-7-16-11-12-30(23(32)21(16)18)14-15-5-2-1-3-6-15/h2*1-7,9-10,13,16,18,21H,8,11-12,14H2,(H,29,31)/t2*16-,18-,21+/m00/s1. The van der Waals surface area contributed by atoms with E-state index in [1.54, 1.807) is 9.80 Å². The summed E-state index contributed by atoms with van der Waals surface area (Å²) in [6, 6.07) is 26.5. The lowest BCUT2D eigenvalue weighted by molar-refractivity contribution is -0.147. The van der Waals surface area contributed by atoms with Gasteiger partial charge in [-0.25, -0.2) is 0 Å². The fraction of sp³-hybridized carbons (Fsp3) is 0.333. The normalized spacial score (nSPS) is 23.1. The van der Waals surface area contributed by atoms with Crippen molar-refractivity contribution in [3.63, 3.8) is 0 Å². The maximum atomic E-state index is 13.3. The van der Waals surface area contributed by atoms with E-state index < -0.39 is 59.0 Å². The number of anilines is 2. The molecule has 4 aliphatic rings. The van der Waals surface area contributed by atoms with Gasteiger partial charge in [-0.15, -0.1) is 0 Å². The molecule has 336 valence electrons. The van der Waals surface area contributed by atoms with Crippen molar-refractivity contribution < 1.29 is 45.5 Å². The van der Waals surface area contributed by atoms with Gasteiger partial charge in [0, 0.05) is 46.5 Å². The summed E-state index contributed by atoms with van der Waals surface area (Å²) in [7, 11) is 0. The number of alkyl halides is 6. The zero-order valence-corrected chi connectivity index (χ0v) is 37.4. The van der Waals surface area contributed by atoms with Gasteiger partial charge >= 0.3 is 12.4 Å². The third-order valence-electron chi connectivity index (χ3n) is 12.2. The summed E-state index contributed by atoms with van der Waals surface area (Å²) in [6.07, 6.45) is 0.940. The lowest BCUT2D eigenvalue weighted by Gasteiger charge is -2.41. The molecule has 2 aliphatic carbocycles. The average Bonchev–Trinajstić information content (AvgIpc) is 3.26. The van der Waals surface area contributed by atoms with Crippen LogP contribution >= 0.6 is 31.9 Å². The van der Waals surface area contributed by atoms with Gasteiger partial charge in [-0.3, -0.25) is 19.2 Å². The van der Waals surface area contributed by atoms with Gasteiger partial charge in [0.25, 0.3) is 0 Å². The van der Waals surface area contributed by atoms with Crippen LogP contribution in [-0.2, 0) is 44.6 Å². The Kier molecular flexibility index (Phi) is 14.5. The second kappa shape index (κ2) is 19.9. The van der Waals surface area contributed by atoms with Gasteiger partial charge in [0.05, 0.1) is 34.8 Å². The first-order valence-corrected chi connectivity index (χ1v) is 22.4. The van der Waals surface area contributed by atoms with Crippen LogP contribution in [0.5, 0.6) is 0 Å². The van der Waals surface area contributed by atoms with E-state index in [4.69, 9.17) is 0 Å². The highest BCUT2D eigenvalue weighted by Crippen LogP contribution is 2.42. The highest BCUT2D eigenvalue weighted by atomic mass is 79.9. The second-order valence-electron chi connectivity index (χ2n) is 16.4. The number of likely N-dealkylation sites (tertiary alicyclic amines) is 2. The molecule has 8 rings (SSSR count). The summed E-state index contributed by atoms with van der Waals surface area (Å²) in [5.41, 5.74) is 0.420. The van der Waals surface area contributed by atoms with Crippen LogP contribution in [0.2, 0.25) is 0 Å². The number of nitrogens with zero attached hydrogens (tertiary/aromatic N) is 2. The van der Waals surface area contributed by atoms with Crippen LogP contribution in [0.1, 0.15) is 47.9 Å². The fourth-order valence-electron chi connectivity index (χ4n) is 9.02. The molecule has 2 aliphatic heterocycles. The molecule has 2 saturated heterocycles. The predicted molar refractivity (Wildman–Crippen MR) is 237 cm³/mol. The number of nitrogens with one attached hydrogen (secondary N) is 2. The molecular formula is C48H44Br2F6N4O4. The molecule has 4 aromatic carbocycles. The molecule has 0 spiro atoms. The van der Waals surface area contributed by atoms with Crippen LogP contribution in [0.3, 0.4) is 0 Å². The van der Waals surface area contributed by atoms with Gasteiger partial charge in [0.15, 0.2) is 0 Å². The van der Waals surface area contributed by atoms with Crippen molar-refractivity contribution in [2.45, 2.75) is 51.1 Å². The number of piperidine rings is 2. The summed E-state index contributed by atoms with van der Waals surface area (Å²) in [5.74, 6) is -3.43. The van der Waals surface area contributed by atoms with E-state index in [0.717, 1.165) is 36.1 Å². The molecule has 4 aromatic rings. The molecule has 2 heterocycles. The van der Waals surface area contributed by atoms with E-state index in [1.807, 2.05) is 85.0 Å². The van der Waals surface area contributed by atoms with Crippen molar-refractivity contribution in [3.8, 4) is 0 Å². The monoisotopic (exact) mass is 1010 g/mol. The Morgan fingerprint density at radius 3 is 1.31 bits per heavy atom. The molecule has 6 atom stereocenters. The zero-order valence-electron chi connectivity index (χ0n) is 34.2. The number of fused-ring (bicyclic) bond motifs is 2. The summed E-state index contributed by atoms with van der Waals surface area (Å²) < 4.78 is 79.1. The van der Waals surface area contributed by atoms with Crippen LogP contribution in [0, 0.1) is 35.5 Å². The predicted octanol–water partition coefficient (Wildman–Crippen LogP) is 11.3. The molecule has 4 amide bonds. The van der Waals surface area contributed by atoms with E-state index >= 15 is 0 Å². The molecule has 0 saturated carbocycles. The number of hydrogen-bond acceptors (Lipinski definition) is 4. The summed E-state index contributed by atoms with van der Waals surface area (Å²) in [5, 5.41) is 5.21. The lowest BCUT2D eigenvalue weighted by atomic mass is 9.71. The van der Waals surface area contributed by atoms with Crippen molar-refractivity contribution in [2.24, 2.45) is 35.5 Å². The van der Waals surface area contributed by atoms with Crippen LogP contribution in [0.4, 0.5) is 37.7 Å². The highest BCUT2D eigenvalue weighted by molar-refractivity contribution is 9.10. The van der Waals surface area contributed by atoms with Crippen molar-refractivity contribution in [1.29, 1.82) is 0 Å². The number of benzene rings is 4. The zero-order chi connectivity index (χ0) is 45.8. The van der Waals surface area contributed by atoms with Gasteiger partial charge < -0.3 is 20.4 Å². The third-order valence-corrected chi connectivity index (χ3v) is 13.6. The molecule has 0 aromatic heterocycles. The minimum Gasteiger partial charge on any atom is -0.338 e. The Morgan fingerprint density at radius 2 is 0.953 bits per heavy atom. The first-order valence-electron chi connectivity index (χ1n) is 20.8. The van der Waals surface area contributed by atoms with E-state index in [0.29, 0.717) is 39.0 Å². The van der Waals surface area contributed by atoms with Gasteiger partial charge in [0.1, 0.15) is 0 Å². The van der Waals surface area contributed by atoms with Gasteiger partial charge in [-0.1, -0.05) is 117 Å². The number of hydrogen-bond donors (Lipinski definition) is 2. The summed E-state index contributed by atoms with van der Waals surface area (Å²) in [4.78, 5) is 56.3. The van der Waals surface area contributed by atoms with Crippen molar-refractivity contribution in [2.75, 3.05) is 23.7 Å². The molecule has 0 unspecified atom stereocenters. The van der Waals surface area contributed by atoms with Crippen LogP contribution in [0.15, 0.2) is 130 Å². The van der Waals surface area contributed by atoms with Crippen LogP contribution in [0.25, 0.3) is 0 Å². The van der Waals surface area contributed by atoms with Crippen molar-refractivity contribution in [3.05, 3.63) is 153 Å². The first kappa shape index (κ1) is 46.8. The topological polar surface area (TPSA) is 98.8 Å². The minimum absolute atomic E-state index is 0.0466. The summed E-state index contributed by atoms with van der Waals surface area (Å²) >= 11 is 5.81. The molecule has 2 N–H and O–H groups in total. The number of carbonyl (C=O) groups excluding carboxylic acids is 4. The number of halogens is 8. The average molecular weight is 1010 g/mol. The largest absolute Gasteiger partial charge is 0.417 e. The Labute approximate surface area is 383 Å². The molecular weight excluding hydrogens is 970 g/mol. The van der Waals surface area contributed by atoms with E-state index in [9.17, 15) is 45.5 Å². The van der Waals surface area contributed by atoms with E-state index in [1.165, 1.54) is 24.3 Å². The van der Waals surface area contributed by atoms with Gasteiger partial charge in [-0.2, -0.15) is 26.3 Å². The van der Waals surface area contributed by atoms with E-state index in [-0.39, 0.29) is 44.0 Å². The number of carbonyl (C=O) groups is 4. The molecule has 0 radical (unpaired) electrons. The lowest BCUT2D eigenvalue weighted by Crippen LogP contribution is -2.50. The van der Waals surface area contributed by atoms with Crippen molar-refractivity contribution in [1.82, 2.24) is 9.80 Å². The van der Waals surface area contributed by atoms with Crippen LogP contribution < -0.4 is 10.6 Å².